The summed E-state index contributed by atoms with van der Waals surface area (Å²) in [5, 5.41) is 9.29. The van der Waals surface area contributed by atoms with Crippen LogP contribution in [0.15, 0.2) is 41.3 Å². The second kappa shape index (κ2) is 6.22. The summed E-state index contributed by atoms with van der Waals surface area (Å²) < 4.78 is 11.0. The number of nitriles is 1. The highest BCUT2D eigenvalue weighted by molar-refractivity contribution is 7.98. The van der Waals surface area contributed by atoms with E-state index in [0.717, 1.165) is 4.90 Å². The van der Waals surface area contributed by atoms with Crippen LogP contribution in [-0.2, 0) is 0 Å². The van der Waals surface area contributed by atoms with Crippen LogP contribution < -0.4 is 15.2 Å². The van der Waals surface area contributed by atoms with E-state index in [2.05, 4.69) is 6.07 Å². The van der Waals surface area contributed by atoms with Gasteiger partial charge in [0.15, 0.2) is 11.5 Å². The topological polar surface area (TPSA) is 68.3 Å². The number of nitrogen functional groups attached to an aromatic ring is 1. The van der Waals surface area contributed by atoms with Crippen molar-refractivity contribution in [3.63, 3.8) is 0 Å². The number of benzene rings is 2. The predicted octanol–water partition coefficient (Wildman–Crippen LogP) is 3.66. The number of hydrogen-bond donors (Lipinski definition) is 1. The van der Waals surface area contributed by atoms with E-state index in [9.17, 15) is 5.26 Å². The van der Waals surface area contributed by atoms with E-state index in [1.807, 2.05) is 18.4 Å². The van der Waals surface area contributed by atoms with E-state index in [1.54, 1.807) is 31.4 Å². The molecule has 0 aliphatic heterocycles. The van der Waals surface area contributed by atoms with Crippen LogP contribution in [0.1, 0.15) is 5.56 Å². The van der Waals surface area contributed by atoms with Crippen molar-refractivity contribution >= 4 is 17.4 Å². The molecule has 2 aromatic rings. The van der Waals surface area contributed by atoms with Gasteiger partial charge in [-0.25, -0.2) is 0 Å². The Bertz CT molecular complexity index is 665. The first kappa shape index (κ1) is 14.1. The monoisotopic (exact) mass is 286 g/mol. The average Bonchev–Trinajstić information content (AvgIpc) is 2.47. The van der Waals surface area contributed by atoms with E-state index < -0.39 is 0 Å². The first-order valence-electron chi connectivity index (χ1n) is 5.88. The molecular weight excluding hydrogens is 272 g/mol. The van der Waals surface area contributed by atoms with E-state index in [0.29, 0.717) is 28.5 Å². The fourth-order valence-electron chi connectivity index (χ4n) is 1.77. The van der Waals surface area contributed by atoms with E-state index in [4.69, 9.17) is 15.2 Å². The van der Waals surface area contributed by atoms with Crippen molar-refractivity contribution in [2.75, 3.05) is 19.1 Å². The highest BCUT2D eigenvalue weighted by atomic mass is 32.2. The molecule has 0 atom stereocenters. The molecule has 0 saturated heterocycles. The molecule has 0 bridgehead atoms. The van der Waals surface area contributed by atoms with Gasteiger partial charge in [-0.15, -0.1) is 11.8 Å². The summed E-state index contributed by atoms with van der Waals surface area (Å²) in [6.07, 6.45) is 1.92. The molecule has 20 heavy (non-hydrogen) atoms. The van der Waals surface area contributed by atoms with Gasteiger partial charge in [0.1, 0.15) is 17.4 Å². The van der Waals surface area contributed by atoms with Gasteiger partial charge in [-0.1, -0.05) is 6.07 Å². The number of thioether (sulfide) groups is 1. The standard InChI is InChI=1S/C15H14N2O2S/c1-18-13-7-6-10(17)8-14(13)19-12-4-3-5-15(20-2)11(12)9-16/h3-8H,17H2,1-2H3. The number of nitrogens with zero attached hydrogens (tertiary/aromatic N) is 1. The molecule has 102 valence electrons. The molecule has 5 heteroatoms. The number of hydrogen-bond acceptors (Lipinski definition) is 5. The molecular formula is C15H14N2O2S. The second-order valence-electron chi connectivity index (χ2n) is 3.96. The number of nitrogens with two attached hydrogens (primary N) is 1. The minimum Gasteiger partial charge on any atom is -0.493 e. The van der Waals surface area contributed by atoms with Crippen molar-refractivity contribution in [3.8, 4) is 23.3 Å². The highest BCUT2D eigenvalue weighted by Crippen LogP contribution is 2.36. The third-order valence-electron chi connectivity index (χ3n) is 2.73. The van der Waals surface area contributed by atoms with Gasteiger partial charge in [0.2, 0.25) is 0 Å². The molecule has 0 amide bonds. The number of methoxy groups -OCH3 is 1. The van der Waals surface area contributed by atoms with Gasteiger partial charge in [-0.2, -0.15) is 5.26 Å². The SMILES string of the molecule is COc1ccc(N)cc1Oc1cccc(SC)c1C#N. The molecule has 0 radical (unpaired) electrons. The molecule has 2 N–H and O–H groups in total. The maximum Gasteiger partial charge on any atom is 0.171 e. The van der Waals surface area contributed by atoms with Gasteiger partial charge in [0.05, 0.1) is 7.11 Å². The van der Waals surface area contributed by atoms with Crippen molar-refractivity contribution in [1.29, 1.82) is 5.26 Å². The molecule has 0 aliphatic rings. The smallest absolute Gasteiger partial charge is 0.171 e. The van der Waals surface area contributed by atoms with Crippen molar-refractivity contribution in [2.24, 2.45) is 0 Å². The number of anilines is 1. The van der Waals surface area contributed by atoms with Crippen LogP contribution in [0.2, 0.25) is 0 Å². The lowest BCUT2D eigenvalue weighted by Crippen LogP contribution is -1.95. The van der Waals surface area contributed by atoms with Gasteiger partial charge in [0, 0.05) is 16.6 Å². The van der Waals surface area contributed by atoms with Crippen LogP contribution in [0.25, 0.3) is 0 Å². The molecule has 0 fully saturated rings. The second-order valence-corrected chi connectivity index (χ2v) is 4.81. The third kappa shape index (κ3) is 2.81. The van der Waals surface area contributed by atoms with Crippen LogP contribution in [0.5, 0.6) is 17.2 Å². The molecule has 0 aliphatic carbocycles. The lowest BCUT2D eigenvalue weighted by molar-refractivity contribution is 0.378. The minimum atomic E-state index is 0.488. The van der Waals surface area contributed by atoms with Crippen molar-refractivity contribution in [3.05, 3.63) is 42.0 Å². The summed E-state index contributed by atoms with van der Waals surface area (Å²) in [6, 6.07) is 12.8. The fourth-order valence-corrected chi connectivity index (χ4v) is 2.33. The fraction of sp³-hybridized carbons (Fsp3) is 0.133. The van der Waals surface area contributed by atoms with Gasteiger partial charge in [-0.3, -0.25) is 0 Å². The maximum atomic E-state index is 9.29. The quantitative estimate of drug-likeness (QED) is 0.686. The molecule has 0 heterocycles. The summed E-state index contributed by atoms with van der Waals surface area (Å²) in [6.45, 7) is 0. The van der Waals surface area contributed by atoms with E-state index >= 15 is 0 Å². The van der Waals surface area contributed by atoms with Crippen LogP contribution in [0.4, 0.5) is 5.69 Å². The van der Waals surface area contributed by atoms with Crippen LogP contribution >= 0.6 is 11.8 Å². The summed E-state index contributed by atoms with van der Waals surface area (Å²) in [7, 11) is 1.56. The Kier molecular flexibility index (Phi) is 4.38. The van der Waals surface area contributed by atoms with Gasteiger partial charge in [0.25, 0.3) is 0 Å². The maximum absolute atomic E-state index is 9.29. The van der Waals surface area contributed by atoms with Crippen LogP contribution in [-0.4, -0.2) is 13.4 Å². The average molecular weight is 286 g/mol. The highest BCUT2D eigenvalue weighted by Gasteiger charge is 2.12. The largest absolute Gasteiger partial charge is 0.493 e. The molecule has 0 unspecified atom stereocenters. The lowest BCUT2D eigenvalue weighted by Gasteiger charge is -2.13. The molecule has 4 nitrogen and oxygen atoms in total. The molecule has 2 rings (SSSR count). The molecule has 0 aromatic heterocycles. The molecule has 0 saturated carbocycles. The summed E-state index contributed by atoms with van der Waals surface area (Å²) >= 11 is 1.50. The van der Waals surface area contributed by atoms with Gasteiger partial charge in [-0.05, 0) is 30.5 Å². The van der Waals surface area contributed by atoms with Crippen LogP contribution in [0, 0.1) is 11.3 Å². The first-order chi connectivity index (χ1) is 9.69. The van der Waals surface area contributed by atoms with E-state index in [1.165, 1.54) is 11.8 Å². The zero-order valence-electron chi connectivity index (χ0n) is 11.2. The number of ether oxygens (including phenoxy) is 2. The van der Waals surface area contributed by atoms with Gasteiger partial charge >= 0.3 is 0 Å². The minimum absolute atomic E-state index is 0.488. The zero-order chi connectivity index (χ0) is 14.5. The Hall–Kier alpha value is -2.32. The van der Waals surface area contributed by atoms with E-state index in [-0.39, 0.29) is 0 Å². The molecule has 0 spiro atoms. The van der Waals surface area contributed by atoms with Crippen molar-refractivity contribution in [2.45, 2.75) is 4.90 Å². The summed E-state index contributed by atoms with van der Waals surface area (Å²) in [5.41, 5.74) is 6.83. The Balaban J connectivity index is 2.45. The van der Waals surface area contributed by atoms with Gasteiger partial charge < -0.3 is 15.2 Å². The van der Waals surface area contributed by atoms with Crippen molar-refractivity contribution < 1.29 is 9.47 Å². The summed E-state index contributed by atoms with van der Waals surface area (Å²) in [5.74, 6) is 1.54. The Morgan fingerprint density at radius 1 is 1.15 bits per heavy atom. The normalized spacial score (nSPS) is 9.85. The zero-order valence-corrected chi connectivity index (χ0v) is 12.0. The summed E-state index contributed by atoms with van der Waals surface area (Å²) in [4.78, 5) is 0.868. The number of rotatable bonds is 4. The van der Waals surface area contributed by atoms with Crippen LogP contribution in [0.3, 0.4) is 0 Å². The Labute approximate surface area is 122 Å². The third-order valence-corrected chi connectivity index (χ3v) is 3.51. The predicted molar refractivity (Wildman–Crippen MR) is 80.4 cm³/mol. The Morgan fingerprint density at radius 3 is 2.60 bits per heavy atom. The Morgan fingerprint density at radius 2 is 1.95 bits per heavy atom. The first-order valence-corrected chi connectivity index (χ1v) is 7.10. The molecule has 2 aromatic carbocycles. The van der Waals surface area contributed by atoms with Crippen molar-refractivity contribution in [1.82, 2.24) is 0 Å². The lowest BCUT2D eigenvalue weighted by atomic mass is 10.2.